The van der Waals surface area contributed by atoms with Gasteiger partial charge in [0.1, 0.15) is 5.69 Å². The van der Waals surface area contributed by atoms with Crippen LogP contribution < -0.4 is 5.32 Å². The Hall–Kier alpha value is -3.21. The molecule has 26 heavy (non-hydrogen) atoms. The van der Waals surface area contributed by atoms with E-state index in [4.69, 9.17) is 0 Å². The zero-order valence-electron chi connectivity index (χ0n) is 14.6. The molecule has 1 amide bonds. The minimum atomic E-state index is -0.0609. The zero-order valence-corrected chi connectivity index (χ0v) is 14.6. The van der Waals surface area contributed by atoms with Crippen LogP contribution in [0.2, 0.25) is 0 Å². The van der Waals surface area contributed by atoms with Crippen LogP contribution in [-0.4, -0.2) is 27.3 Å². The number of aromatic nitrogens is 2. The summed E-state index contributed by atoms with van der Waals surface area (Å²) in [6.07, 6.45) is 2.50. The summed E-state index contributed by atoms with van der Waals surface area (Å²) in [6.45, 7) is 3.36. The second-order valence-electron chi connectivity index (χ2n) is 6.51. The smallest absolute Gasteiger partial charge is 0.272 e. The Labute approximate surface area is 152 Å². The van der Waals surface area contributed by atoms with Gasteiger partial charge >= 0.3 is 0 Å². The summed E-state index contributed by atoms with van der Waals surface area (Å²) in [5.74, 6) is 0.369. The number of nitrogens with zero attached hydrogens (tertiary/aromatic N) is 3. The van der Waals surface area contributed by atoms with Gasteiger partial charge in [0.15, 0.2) is 0 Å². The van der Waals surface area contributed by atoms with Gasteiger partial charge in [-0.25, -0.2) is 9.97 Å². The number of carbonyl (C=O) groups excluding carboxylic acids is 1. The summed E-state index contributed by atoms with van der Waals surface area (Å²) < 4.78 is 0. The fraction of sp³-hybridized carbons (Fsp3) is 0.190. The third-order valence-corrected chi connectivity index (χ3v) is 4.57. The molecule has 3 aromatic rings. The molecule has 5 nitrogen and oxygen atoms in total. The molecule has 0 bridgehead atoms. The van der Waals surface area contributed by atoms with Crippen molar-refractivity contribution in [2.24, 2.45) is 0 Å². The molecule has 0 unspecified atom stereocenters. The minimum absolute atomic E-state index is 0.0609. The van der Waals surface area contributed by atoms with Crippen LogP contribution in [0, 0.1) is 6.92 Å². The lowest BCUT2D eigenvalue weighted by molar-refractivity contribution is 0.0728. The minimum Gasteiger partial charge on any atom is -0.333 e. The molecule has 0 aliphatic carbocycles. The van der Waals surface area contributed by atoms with Crippen molar-refractivity contribution in [3.05, 3.63) is 83.2 Å². The second kappa shape index (κ2) is 6.96. The maximum atomic E-state index is 12.9. The van der Waals surface area contributed by atoms with Gasteiger partial charge in [0.25, 0.3) is 5.91 Å². The topological polar surface area (TPSA) is 58.1 Å². The van der Waals surface area contributed by atoms with Gasteiger partial charge in [-0.2, -0.15) is 0 Å². The van der Waals surface area contributed by atoms with Crippen molar-refractivity contribution in [1.82, 2.24) is 14.9 Å². The van der Waals surface area contributed by atoms with Crippen LogP contribution in [0.4, 0.5) is 11.6 Å². The molecular weight excluding hydrogens is 324 g/mol. The van der Waals surface area contributed by atoms with Crippen molar-refractivity contribution in [2.45, 2.75) is 19.9 Å². The molecule has 1 aliphatic heterocycles. The molecule has 0 radical (unpaired) electrons. The Balaban J connectivity index is 1.52. The molecule has 5 heteroatoms. The Bertz CT molecular complexity index is 954. The number of hydrogen-bond donors (Lipinski definition) is 1. The Kier molecular flexibility index (Phi) is 4.35. The summed E-state index contributed by atoms with van der Waals surface area (Å²) in [7, 11) is 0. The average Bonchev–Trinajstić information content (AvgIpc) is 2.67. The molecule has 1 aromatic heterocycles. The molecule has 1 aliphatic rings. The van der Waals surface area contributed by atoms with Crippen LogP contribution in [-0.2, 0) is 13.0 Å². The Morgan fingerprint density at radius 3 is 2.77 bits per heavy atom. The number of anilines is 2. The number of aryl methyl sites for hydroxylation is 1. The first-order valence-electron chi connectivity index (χ1n) is 8.72. The van der Waals surface area contributed by atoms with E-state index >= 15 is 0 Å². The molecule has 2 heterocycles. The number of hydrogen-bond acceptors (Lipinski definition) is 4. The number of rotatable bonds is 3. The fourth-order valence-corrected chi connectivity index (χ4v) is 3.22. The number of carbonyl (C=O) groups is 1. The van der Waals surface area contributed by atoms with Gasteiger partial charge in [0.2, 0.25) is 5.95 Å². The van der Waals surface area contributed by atoms with Crippen molar-refractivity contribution in [1.29, 1.82) is 0 Å². The Morgan fingerprint density at radius 1 is 1.08 bits per heavy atom. The second-order valence-corrected chi connectivity index (χ2v) is 6.51. The lowest BCUT2D eigenvalue weighted by atomic mass is 10.00. The fourth-order valence-electron chi connectivity index (χ4n) is 3.22. The van der Waals surface area contributed by atoms with E-state index in [0.717, 1.165) is 17.7 Å². The highest BCUT2D eigenvalue weighted by Crippen LogP contribution is 2.20. The third kappa shape index (κ3) is 3.42. The van der Waals surface area contributed by atoms with Crippen molar-refractivity contribution in [3.63, 3.8) is 0 Å². The van der Waals surface area contributed by atoms with E-state index in [-0.39, 0.29) is 5.91 Å². The summed E-state index contributed by atoms with van der Waals surface area (Å²) in [4.78, 5) is 23.4. The average molecular weight is 344 g/mol. The number of amides is 1. The van der Waals surface area contributed by atoms with Crippen LogP contribution in [0.15, 0.2) is 60.8 Å². The van der Waals surface area contributed by atoms with Crippen molar-refractivity contribution >= 4 is 17.5 Å². The van der Waals surface area contributed by atoms with Crippen molar-refractivity contribution in [3.8, 4) is 0 Å². The first kappa shape index (κ1) is 16.3. The molecule has 0 fully saturated rings. The molecule has 0 saturated carbocycles. The summed E-state index contributed by atoms with van der Waals surface area (Å²) in [6, 6.07) is 17.9. The molecule has 2 aromatic carbocycles. The van der Waals surface area contributed by atoms with E-state index in [9.17, 15) is 4.79 Å². The molecule has 130 valence electrons. The maximum Gasteiger partial charge on any atom is 0.272 e. The van der Waals surface area contributed by atoms with Gasteiger partial charge in [0.05, 0.1) is 0 Å². The quantitative estimate of drug-likeness (QED) is 0.786. The Morgan fingerprint density at radius 2 is 1.92 bits per heavy atom. The van der Waals surface area contributed by atoms with Gasteiger partial charge in [-0.15, -0.1) is 0 Å². The summed E-state index contributed by atoms with van der Waals surface area (Å²) in [5.41, 5.74) is 4.99. The van der Waals surface area contributed by atoms with E-state index in [1.54, 1.807) is 12.3 Å². The van der Waals surface area contributed by atoms with Gasteiger partial charge in [-0.1, -0.05) is 36.4 Å². The number of benzene rings is 2. The van der Waals surface area contributed by atoms with Crippen LogP contribution in [0.3, 0.4) is 0 Å². The van der Waals surface area contributed by atoms with E-state index in [1.165, 1.54) is 11.1 Å². The third-order valence-electron chi connectivity index (χ3n) is 4.57. The highest BCUT2D eigenvalue weighted by atomic mass is 16.2. The van der Waals surface area contributed by atoms with Crippen LogP contribution in [0.5, 0.6) is 0 Å². The summed E-state index contributed by atoms with van der Waals surface area (Å²) >= 11 is 0. The first-order valence-corrected chi connectivity index (χ1v) is 8.72. The van der Waals surface area contributed by atoms with Gasteiger partial charge in [0, 0.05) is 25.0 Å². The maximum absolute atomic E-state index is 12.9. The van der Waals surface area contributed by atoms with Gasteiger partial charge < -0.3 is 10.2 Å². The molecule has 0 spiro atoms. The molecular formula is C21H20N4O. The molecule has 1 N–H and O–H groups in total. The van der Waals surface area contributed by atoms with Crippen LogP contribution in [0.25, 0.3) is 0 Å². The van der Waals surface area contributed by atoms with Crippen LogP contribution in [0.1, 0.15) is 27.2 Å². The van der Waals surface area contributed by atoms with Gasteiger partial charge in [-0.3, -0.25) is 4.79 Å². The first-order chi connectivity index (χ1) is 12.7. The van der Waals surface area contributed by atoms with E-state index < -0.39 is 0 Å². The highest BCUT2D eigenvalue weighted by Gasteiger charge is 2.22. The van der Waals surface area contributed by atoms with Crippen LogP contribution >= 0.6 is 0 Å². The normalized spacial score (nSPS) is 13.2. The van der Waals surface area contributed by atoms with E-state index in [0.29, 0.717) is 24.7 Å². The highest BCUT2D eigenvalue weighted by molar-refractivity contribution is 5.92. The monoisotopic (exact) mass is 344 g/mol. The zero-order chi connectivity index (χ0) is 17.9. The molecule has 4 rings (SSSR count). The van der Waals surface area contributed by atoms with E-state index in [2.05, 4.69) is 27.4 Å². The largest absolute Gasteiger partial charge is 0.333 e. The van der Waals surface area contributed by atoms with Crippen molar-refractivity contribution in [2.75, 3.05) is 11.9 Å². The summed E-state index contributed by atoms with van der Waals surface area (Å²) in [5, 5.41) is 3.17. The predicted octanol–water partition coefficient (Wildman–Crippen LogP) is 3.73. The SMILES string of the molecule is Cc1cccc(Nc2nccc(C(=O)N3CCc4ccccc4C3)n2)c1. The number of nitrogens with one attached hydrogen (secondary N) is 1. The van der Waals surface area contributed by atoms with Crippen molar-refractivity contribution < 1.29 is 4.79 Å². The molecule has 0 atom stereocenters. The predicted molar refractivity (Wildman–Crippen MR) is 101 cm³/mol. The van der Waals surface area contributed by atoms with E-state index in [1.807, 2.05) is 48.2 Å². The standard InChI is InChI=1S/C21H20N4O/c1-15-5-4-8-18(13-15)23-21-22-11-9-19(24-21)20(26)25-12-10-16-6-2-3-7-17(16)14-25/h2-9,11,13H,10,12,14H2,1H3,(H,22,23,24). The van der Waals surface area contributed by atoms with Gasteiger partial charge in [-0.05, 0) is 48.2 Å². The number of fused-ring (bicyclic) bond motifs is 1. The molecule has 0 saturated heterocycles. The lowest BCUT2D eigenvalue weighted by Crippen LogP contribution is -2.36. The lowest BCUT2D eigenvalue weighted by Gasteiger charge is -2.28.